The van der Waals surface area contributed by atoms with Gasteiger partial charge in [-0.1, -0.05) is 0 Å². The van der Waals surface area contributed by atoms with Crippen LogP contribution in [-0.2, 0) is 9.53 Å². The summed E-state index contributed by atoms with van der Waals surface area (Å²) in [5, 5.41) is 0. The van der Waals surface area contributed by atoms with Crippen LogP contribution in [0.1, 0.15) is 31.1 Å². The van der Waals surface area contributed by atoms with E-state index < -0.39 is 40.9 Å². The highest BCUT2D eigenvalue weighted by Gasteiger charge is 2.29. The zero-order valence-corrected chi connectivity index (χ0v) is 12.1. The van der Waals surface area contributed by atoms with Crippen LogP contribution < -0.4 is 0 Å². The van der Waals surface area contributed by atoms with E-state index >= 15 is 0 Å². The first-order valence-electron chi connectivity index (χ1n) is 6.27. The summed E-state index contributed by atoms with van der Waals surface area (Å²) in [6, 6.07) is -0.230. The second-order valence-electron chi connectivity index (χ2n) is 4.82. The van der Waals surface area contributed by atoms with Gasteiger partial charge < -0.3 is 9.64 Å². The zero-order valence-electron chi connectivity index (χ0n) is 12.1. The van der Waals surface area contributed by atoms with Gasteiger partial charge in [0.05, 0.1) is 6.10 Å². The van der Waals surface area contributed by atoms with Gasteiger partial charge in [0.2, 0.25) is 0 Å². The zero-order chi connectivity index (χ0) is 16.3. The van der Waals surface area contributed by atoms with E-state index in [0.717, 1.165) is 4.90 Å². The van der Waals surface area contributed by atoms with Crippen molar-refractivity contribution in [1.29, 1.82) is 0 Å². The van der Waals surface area contributed by atoms with Crippen molar-refractivity contribution in [3.8, 4) is 0 Å². The summed E-state index contributed by atoms with van der Waals surface area (Å²) >= 11 is 0. The molecule has 0 aliphatic heterocycles. The Hall–Kier alpha value is -2.05. The Balaban J connectivity index is 3.01. The average Bonchev–Trinajstić information content (AvgIpc) is 2.34. The number of hydrogen-bond acceptors (Lipinski definition) is 3. The molecule has 0 aliphatic carbocycles. The molecule has 4 nitrogen and oxygen atoms in total. The lowest BCUT2D eigenvalue weighted by Gasteiger charge is -2.24. The first kappa shape index (κ1) is 17.0. The van der Waals surface area contributed by atoms with Crippen LogP contribution in [0.15, 0.2) is 12.1 Å². The molecule has 0 N–H and O–H groups in total. The van der Waals surface area contributed by atoms with Gasteiger partial charge in [0, 0.05) is 19.2 Å². The van der Waals surface area contributed by atoms with Crippen LogP contribution in [0.4, 0.5) is 13.2 Å². The van der Waals surface area contributed by atoms with E-state index in [0.29, 0.717) is 12.1 Å². The van der Waals surface area contributed by atoms with Crippen molar-refractivity contribution < 1.29 is 27.5 Å². The number of carbonyl (C=O) groups is 2. The van der Waals surface area contributed by atoms with E-state index in [1.165, 1.54) is 14.0 Å². The lowest BCUT2D eigenvalue weighted by Crippen LogP contribution is -2.42. The minimum absolute atomic E-state index is 0.386. The number of likely N-dealkylation sites (N-methyl/N-ethyl adjacent to an activating group) is 1. The van der Waals surface area contributed by atoms with Gasteiger partial charge in [-0.05, 0) is 20.8 Å². The maximum atomic E-state index is 13.6. The molecule has 0 saturated heterocycles. The topological polar surface area (TPSA) is 46.6 Å². The van der Waals surface area contributed by atoms with Crippen LogP contribution in [0, 0.1) is 17.5 Å². The normalized spacial score (nSPS) is 12.2. The Labute approximate surface area is 120 Å². The molecule has 0 fully saturated rings. The second kappa shape index (κ2) is 6.60. The smallest absolute Gasteiger partial charge is 0.328 e. The largest absolute Gasteiger partial charge is 0.461 e. The molecule has 0 bridgehead atoms. The summed E-state index contributed by atoms with van der Waals surface area (Å²) in [6.07, 6.45) is -0.386. The Morgan fingerprint density at radius 1 is 1.10 bits per heavy atom. The Bertz CT molecular complexity index is 537. The van der Waals surface area contributed by atoms with Crippen LogP contribution in [-0.4, -0.2) is 36.0 Å². The van der Waals surface area contributed by atoms with Crippen molar-refractivity contribution in [2.75, 3.05) is 7.05 Å². The quantitative estimate of drug-likeness (QED) is 0.803. The van der Waals surface area contributed by atoms with Crippen molar-refractivity contribution in [3.63, 3.8) is 0 Å². The maximum Gasteiger partial charge on any atom is 0.328 e. The van der Waals surface area contributed by atoms with E-state index in [1.54, 1.807) is 13.8 Å². The monoisotopic (exact) mass is 303 g/mol. The fourth-order valence-corrected chi connectivity index (χ4v) is 1.59. The van der Waals surface area contributed by atoms with Crippen LogP contribution >= 0.6 is 0 Å². The van der Waals surface area contributed by atoms with Crippen molar-refractivity contribution in [1.82, 2.24) is 4.90 Å². The highest BCUT2D eigenvalue weighted by Crippen LogP contribution is 2.18. The van der Waals surface area contributed by atoms with Crippen LogP contribution in [0.3, 0.4) is 0 Å². The highest BCUT2D eigenvalue weighted by atomic mass is 19.1. The van der Waals surface area contributed by atoms with Crippen LogP contribution in [0.2, 0.25) is 0 Å². The summed E-state index contributed by atoms with van der Waals surface area (Å²) in [5.41, 5.74) is -0.914. The SMILES string of the molecule is CC(C)OC(=O)[C@H](C)N(C)C(=O)c1c(F)cc(F)cc1F. The molecule has 0 radical (unpaired) electrons. The molecular weight excluding hydrogens is 287 g/mol. The molecule has 1 amide bonds. The summed E-state index contributed by atoms with van der Waals surface area (Å²) in [4.78, 5) is 24.6. The lowest BCUT2D eigenvalue weighted by molar-refractivity contribution is -0.151. The number of rotatable bonds is 4. The third-order valence-corrected chi connectivity index (χ3v) is 2.82. The molecule has 0 unspecified atom stereocenters. The van der Waals surface area contributed by atoms with E-state index in [-0.39, 0.29) is 6.10 Å². The van der Waals surface area contributed by atoms with Gasteiger partial charge in [-0.3, -0.25) is 4.79 Å². The Morgan fingerprint density at radius 2 is 1.57 bits per heavy atom. The first-order valence-corrected chi connectivity index (χ1v) is 6.27. The van der Waals surface area contributed by atoms with Gasteiger partial charge in [-0.15, -0.1) is 0 Å². The predicted molar refractivity (Wildman–Crippen MR) is 69.1 cm³/mol. The lowest BCUT2D eigenvalue weighted by atomic mass is 10.1. The van der Waals surface area contributed by atoms with E-state index in [4.69, 9.17) is 4.74 Å². The number of ether oxygens (including phenoxy) is 1. The standard InChI is InChI=1S/C14H16F3NO3/c1-7(2)21-14(20)8(3)18(4)13(19)12-10(16)5-9(15)6-11(12)17/h5-8H,1-4H3/t8-/m0/s1. The van der Waals surface area contributed by atoms with Crippen LogP contribution in [0.25, 0.3) is 0 Å². The summed E-state index contributed by atoms with van der Waals surface area (Å²) in [7, 11) is 1.21. The third-order valence-electron chi connectivity index (χ3n) is 2.82. The van der Waals surface area contributed by atoms with Crippen molar-refractivity contribution in [2.45, 2.75) is 32.9 Å². The summed E-state index contributed by atoms with van der Waals surface area (Å²) in [5.74, 6) is -5.55. The third kappa shape index (κ3) is 3.96. The highest BCUT2D eigenvalue weighted by molar-refractivity contribution is 5.97. The molecule has 0 spiro atoms. The molecule has 116 valence electrons. The number of carbonyl (C=O) groups excluding carboxylic acids is 2. The molecule has 7 heteroatoms. The fourth-order valence-electron chi connectivity index (χ4n) is 1.59. The molecule has 1 rings (SSSR count). The van der Waals surface area contributed by atoms with E-state index in [2.05, 4.69) is 0 Å². The van der Waals surface area contributed by atoms with Crippen LogP contribution in [0.5, 0.6) is 0 Å². The maximum absolute atomic E-state index is 13.6. The summed E-state index contributed by atoms with van der Waals surface area (Å²) in [6.45, 7) is 4.62. The number of amides is 1. The minimum Gasteiger partial charge on any atom is -0.461 e. The Morgan fingerprint density at radius 3 is 2.00 bits per heavy atom. The van der Waals surface area contributed by atoms with Gasteiger partial charge in [-0.2, -0.15) is 0 Å². The fraction of sp³-hybridized carbons (Fsp3) is 0.429. The minimum atomic E-state index is -1.33. The molecule has 1 atom stereocenters. The molecule has 0 aliphatic rings. The predicted octanol–water partition coefficient (Wildman–Crippen LogP) is 2.52. The number of halogens is 3. The second-order valence-corrected chi connectivity index (χ2v) is 4.82. The molecule has 21 heavy (non-hydrogen) atoms. The average molecular weight is 303 g/mol. The van der Waals surface area contributed by atoms with Gasteiger partial charge in [-0.25, -0.2) is 18.0 Å². The van der Waals surface area contributed by atoms with Gasteiger partial charge in [0.1, 0.15) is 29.1 Å². The first-order chi connectivity index (χ1) is 9.65. The molecule has 1 aromatic rings. The van der Waals surface area contributed by atoms with E-state index in [1.807, 2.05) is 0 Å². The molecular formula is C14H16F3NO3. The molecule has 1 aromatic carbocycles. The van der Waals surface area contributed by atoms with Crippen molar-refractivity contribution >= 4 is 11.9 Å². The number of esters is 1. The van der Waals surface area contributed by atoms with Gasteiger partial charge >= 0.3 is 5.97 Å². The van der Waals surface area contributed by atoms with Crippen molar-refractivity contribution in [3.05, 3.63) is 35.1 Å². The molecule has 0 saturated carbocycles. The number of nitrogens with zero attached hydrogens (tertiary/aromatic N) is 1. The van der Waals surface area contributed by atoms with Gasteiger partial charge in [0.25, 0.3) is 5.91 Å². The van der Waals surface area contributed by atoms with Gasteiger partial charge in [0.15, 0.2) is 0 Å². The molecule has 0 heterocycles. The molecule has 0 aromatic heterocycles. The number of benzene rings is 1. The van der Waals surface area contributed by atoms with Crippen molar-refractivity contribution in [2.24, 2.45) is 0 Å². The summed E-state index contributed by atoms with van der Waals surface area (Å²) < 4.78 is 44.8. The Kier molecular flexibility index (Phi) is 5.34. The number of hydrogen-bond donors (Lipinski definition) is 0. The van der Waals surface area contributed by atoms with E-state index in [9.17, 15) is 22.8 Å².